The van der Waals surface area contributed by atoms with Gasteiger partial charge in [0.2, 0.25) is 0 Å². The van der Waals surface area contributed by atoms with Crippen LogP contribution in [0.25, 0.3) is 0 Å². The predicted octanol–water partition coefficient (Wildman–Crippen LogP) is 3.26. The average Bonchev–Trinajstić information content (AvgIpc) is 2.68. The van der Waals surface area contributed by atoms with E-state index in [1.54, 1.807) is 0 Å². The molecule has 1 aromatic rings. The van der Waals surface area contributed by atoms with Gasteiger partial charge in [0, 0.05) is 23.0 Å². The third-order valence-corrected chi connectivity index (χ3v) is 4.09. The normalized spacial score (nSPS) is 17.4. The van der Waals surface area contributed by atoms with Crippen molar-refractivity contribution >= 4 is 11.3 Å². The van der Waals surface area contributed by atoms with Crippen LogP contribution in [0.2, 0.25) is 0 Å². The Balaban J connectivity index is 2.55. The topological polar surface area (TPSA) is 29.3 Å². The van der Waals surface area contributed by atoms with Gasteiger partial charge in [-0.25, -0.2) is 0 Å². The van der Waals surface area contributed by atoms with Gasteiger partial charge in [0.15, 0.2) is 0 Å². The molecule has 16 heavy (non-hydrogen) atoms. The van der Waals surface area contributed by atoms with E-state index in [-0.39, 0.29) is 5.54 Å². The molecular formula is C13H24N2S. The number of nitrogens with zero attached hydrogens (tertiary/aromatic N) is 1. The third-order valence-electron chi connectivity index (χ3n) is 3.05. The number of thiophene rings is 1. The van der Waals surface area contributed by atoms with Crippen molar-refractivity contribution in [3.05, 3.63) is 22.4 Å². The SMILES string of the molecule is CCCC(C)(N)CN(C)C(C)c1cccs1. The minimum absolute atomic E-state index is 0.0744. The highest BCUT2D eigenvalue weighted by Crippen LogP contribution is 2.24. The van der Waals surface area contributed by atoms with Crippen LogP contribution in [0.15, 0.2) is 17.5 Å². The Bertz CT molecular complexity index is 293. The minimum Gasteiger partial charge on any atom is -0.324 e. The van der Waals surface area contributed by atoms with Crippen molar-refractivity contribution < 1.29 is 0 Å². The van der Waals surface area contributed by atoms with Crippen molar-refractivity contribution in [2.75, 3.05) is 13.6 Å². The van der Waals surface area contributed by atoms with Crippen LogP contribution in [0.3, 0.4) is 0 Å². The molecule has 0 aliphatic heterocycles. The highest BCUT2D eigenvalue weighted by Gasteiger charge is 2.22. The molecule has 2 N–H and O–H groups in total. The summed E-state index contributed by atoms with van der Waals surface area (Å²) in [5.41, 5.74) is 6.21. The Kier molecular flexibility index (Phi) is 4.96. The van der Waals surface area contributed by atoms with Gasteiger partial charge < -0.3 is 5.73 Å². The van der Waals surface area contributed by atoms with E-state index in [0.29, 0.717) is 6.04 Å². The number of rotatable bonds is 6. The van der Waals surface area contributed by atoms with Crippen molar-refractivity contribution in [1.29, 1.82) is 0 Å². The largest absolute Gasteiger partial charge is 0.324 e. The van der Waals surface area contributed by atoms with E-state index < -0.39 is 0 Å². The molecule has 0 bridgehead atoms. The summed E-state index contributed by atoms with van der Waals surface area (Å²) in [5.74, 6) is 0. The minimum atomic E-state index is -0.0744. The molecule has 2 atom stereocenters. The molecule has 1 aromatic heterocycles. The fourth-order valence-electron chi connectivity index (χ4n) is 2.10. The van der Waals surface area contributed by atoms with Gasteiger partial charge in [-0.15, -0.1) is 11.3 Å². The molecule has 0 aliphatic carbocycles. The first-order valence-electron chi connectivity index (χ1n) is 5.99. The molecule has 92 valence electrons. The van der Waals surface area contributed by atoms with E-state index >= 15 is 0 Å². The summed E-state index contributed by atoms with van der Waals surface area (Å²) < 4.78 is 0. The van der Waals surface area contributed by atoms with Crippen LogP contribution >= 0.6 is 11.3 Å². The van der Waals surface area contributed by atoms with Gasteiger partial charge in [0.1, 0.15) is 0 Å². The summed E-state index contributed by atoms with van der Waals surface area (Å²) in [7, 11) is 2.16. The zero-order valence-corrected chi connectivity index (χ0v) is 11.7. The van der Waals surface area contributed by atoms with Crippen LogP contribution in [0.4, 0.5) is 0 Å². The summed E-state index contributed by atoms with van der Waals surface area (Å²) in [6, 6.07) is 4.76. The van der Waals surface area contributed by atoms with Gasteiger partial charge in [-0.1, -0.05) is 19.4 Å². The fraction of sp³-hybridized carbons (Fsp3) is 0.692. The first kappa shape index (κ1) is 13.7. The lowest BCUT2D eigenvalue weighted by Gasteiger charge is -2.33. The highest BCUT2D eigenvalue weighted by molar-refractivity contribution is 7.10. The molecule has 0 aliphatic rings. The van der Waals surface area contributed by atoms with E-state index in [4.69, 9.17) is 5.73 Å². The first-order chi connectivity index (χ1) is 7.46. The molecule has 0 saturated heterocycles. The van der Waals surface area contributed by atoms with E-state index in [1.165, 1.54) is 4.88 Å². The quantitative estimate of drug-likeness (QED) is 0.827. The van der Waals surface area contributed by atoms with Gasteiger partial charge in [-0.3, -0.25) is 4.90 Å². The molecule has 2 nitrogen and oxygen atoms in total. The van der Waals surface area contributed by atoms with Gasteiger partial charge in [0.05, 0.1) is 0 Å². The van der Waals surface area contributed by atoms with Crippen molar-refractivity contribution in [3.63, 3.8) is 0 Å². The second-order valence-electron chi connectivity index (χ2n) is 5.01. The Morgan fingerprint density at radius 1 is 1.56 bits per heavy atom. The van der Waals surface area contributed by atoms with Gasteiger partial charge in [-0.2, -0.15) is 0 Å². The molecule has 0 aromatic carbocycles. The zero-order valence-electron chi connectivity index (χ0n) is 10.9. The maximum absolute atomic E-state index is 6.28. The molecule has 1 heterocycles. The number of hydrogen-bond donors (Lipinski definition) is 1. The monoisotopic (exact) mass is 240 g/mol. The number of likely N-dealkylation sites (N-methyl/N-ethyl adjacent to an activating group) is 1. The molecule has 3 heteroatoms. The smallest absolute Gasteiger partial charge is 0.0411 e. The summed E-state index contributed by atoms with van der Waals surface area (Å²) in [6.07, 6.45) is 2.22. The Morgan fingerprint density at radius 2 is 2.25 bits per heavy atom. The maximum atomic E-state index is 6.28. The van der Waals surface area contributed by atoms with E-state index in [1.807, 2.05) is 11.3 Å². The molecule has 1 rings (SSSR count). The van der Waals surface area contributed by atoms with Crippen molar-refractivity contribution in [2.45, 2.75) is 45.2 Å². The van der Waals surface area contributed by atoms with Gasteiger partial charge in [-0.05, 0) is 38.8 Å². The summed E-state index contributed by atoms with van der Waals surface area (Å²) >= 11 is 1.82. The maximum Gasteiger partial charge on any atom is 0.0411 e. The van der Waals surface area contributed by atoms with Gasteiger partial charge in [0.25, 0.3) is 0 Å². The van der Waals surface area contributed by atoms with Crippen LogP contribution in [0.1, 0.15) is 44.5 Å². The molecule has 0 fully saturated rings. The Labute approximate surface area is 103 Å². The standard InChI is InChI=1S/C13H24N2S/c1-5-8-13(3,14)10-15(4)11(2)12-7-6-9-16-12/h6-7,9,11H,5,8,10,14H2,1-4H3. The van der Waals surface area contributed by atoms with Crippen LogP contribution in [-0.4, -0.2) is 24.0 Å². The fourth-order valence-corrected chi connectivity index (χ4v) is 2.95. The van der Waals surface area contributed by atoms with E-state index in [9.17, 15) is 0 Å². The van der Waals surface area contributed by atoms with Crippen LogP contribution < -0.4 is 5.73 Å². The Hall–Kier alpha value is -0.380. The average molecular weight is 240 g/mol. The molecule has 0 radical (unpaired) electrons. The molecular weight excluding hydrogens is 216 g/mol. The van der Waals surface area contributed by atoms with Crippen LogP contribution in [-0.2, 0) is 0 Å². The molecule has 0 saturated carbocycles. The van der Waals surface area contributed by atoms with Crippen molar-refractivity contribution in [2.24, 2.45) is 5.73 Å². The lowest BCUT2D eigenvalue weighted by molar-refractivity contribution is 0.202. The molecule has 2 unspecified atom stereocenters. The summed E-state index contributed by atoms with van der Waals surface area (Å²) in [4.78, 5) is 3.76. The lowest BCUT2D eigenvalue weighted by atomic mass is 9.96. The van der Waals surface area contributed by atoms with Crippen LogP contribution in [0, 0.1) is 0 Å². The first-order valence-corrected chi connectivity index (χ1v) is 6.87. The Morgan fingerprint density at radius 3 is 2.75 bits per heavy atom. The second-order valence-corrected chi connectivity index (χ2v) is 5.99. The highest BCUT2D eigenvalue weighted by atomic mass is 32.1. The predicted molar refractivity (Wildman–Crippen MR) is 72.9 cm³/mol. The van der Waals surface area contributed by atoms with E-state index in [2.05, 4.69) is 50.2 Å². The molecule has 0 spiro atoms. The third kappa shape index (κ3) is 3.89. The number of hydrogen-bond acceptors (Lipinski definition) is 3. The zero-order chi connectivity index (χ0) is 12.2. The van der Waals surface area contributed by atoms with Crippen LogP contribution in [0.5, 0.6) is 0 Å². The van der Waals surface area contributed by atoms with E-state index in [0.717, 1.165) is 19.4 Å². The summed E-state index contributed by atoms with van der Waals surface area (Å²) in [6.45, 7) is 7.52. The molecule has 0 amide bonds. The second kappa shape index (κ2) is 5.80. The number of nitrogens with two attached hydrogens (primary N) is 1. The summed E-state index contributed by atoms with van der Waals surface area (Å²) in [5, 5.41) is 2.13. The van der Waals surface area contributed by atoms with Crippen molar-refractivity contribution in [3.8, 4) is 0 Å². The van der Waals surface area contributed by atoms with Crippen molar-refractivity contribution in [1.82, 2.24) is 4.90 Å². The van der Waals surface area contributed by atoms with Gasteiger partial charge >= 0.3 is 0 Å². The lowest BCUT2D eigenvalue weighted by Crippen LogP contribution is -2.47.